The van der Waals surface area contributed by atoms with Crippen LogP contribution in [0.3, 0.4) is 0 Å². The lowest BCUT2D eigenvalue weighted by Gasteiger charge is -2.20. The molecule has 2 heterocycles. The Kier molecular flexibility index (Phi) is 4.54. The van der Waals surface area contributed by atoms with E-state index in [9.17, 15) is 4.79 Å². The van der Waals surface area contributed by atoms with Crippen molar-refractivity contribution >= 4 is 22.8 Å². The molecule has 0 aliphatic carbocycles. The van der Waals surface area contributed by atoms with E-state index in [1.807, 2.05) is 45.4 Å². The van der Waals surface area contributed by atoms with E-state index >= 15 is 0 Å². The summed E-state index contributed by atoms with van der Waals surface area (Å²) in [6, 6.07) is 7.15. The summed E-state index contributed by atoms with van der Waals surface area (Å²) in [7, 11) is 1.91. The van der Waals surface area contributed by atoms with Crippen LogP contribution in [-0.4, -0.2) is 26.2 Å². The van der Waals surface area contributed by atoms with Gasteiger partial charge in [0, 0.05) is 18.8 Å². The van der Waals surface area contributed by atoms with Crippen LogP contribution in [0.1, 0.15) is 26.3 Å². The van der Waals surface area contributed by atoms with Crippen LogP contribution in [0.25, 0.3) is 11.0 Å². The van der Waals surface area contributed by atoms with Crippen molar-refractivity contribution in [3.63, 3.8) is 0 Å². The molecule has 0 aliphatic heterocycles. The maximum atomic E-state index is 11.9. The van der Waals surface area contributed by atoms with E-state index in [0.29, 0.717) is 17.3 Å². The second-order valence-electron chi connectivity index (χ2n) is 7.08. The van der Waals surface area contributed by atoms with Crippen LogP contribution in [0.2, 0.25) is 0 Å². The standard InChI is InChI=1S/C19H22N4O3/c1-12-8-13(22-18(24)26-19(2,3)4)6-7-16(12)25-17-9-14-15(10-20-17)23(5)11-21-14/h6-11H,1-5H3,(H,22,24). The Balaban J connectivity index is 1.73. The molecule has 0 radical (unpaired) electrons. The number of hydrogen-bond donors (Lipinski definition) is 1. The van der Waals surface area contributed by atoms with Crippen molar-refractivity contribution in [3.8, 4) is 11.6 Å². The quantitative estimate of drug-likeness (QED) is 0.753. The topological polar surface area (TPSA) is 78.3 Å². The highest BCUT2D eigenvalue weighted by Crippen LogP contribution is 2.27. The molecule has 0 saturated heterocycles. The van der Waals surface area contributed by atoms with Gasteiger partial charge in [0.05, 0.1) is 23.6 Å². The molecule has 0 spiro atoms. The van der Waals surface area contributed by atoms with E-state index in [4.69, 9.17) is 9.47 Å². The molecule has 0 saturated carbocycles. The lowest BCUT2D eigenvalue weighted by molar-refractivity contribution is 0.0636. The largest absolute Gasteiger partial charge is 0.444 e. The number of pyridine rings is 1. The smallest absolute Gasteiger partial charge is 0.412 e. The predicted molar refractivity (Wildman–Crippen MR) is 99.6 cm³/mol. The number of fused-ring (bicyclic) bond motifs is 1. The Bertz CT molecular complexity index is 957. The molecule has 0 atom stereocenters. The molecule has 0 unspecified atom stereocenters. The number of rotatable bonds is 3. The van der Waals surface area contributed by atoms with Gasteiger partial charge < -0.3 is 14.0 Å². The molecule has 0 fully saturated rings. The number of hydrogen-bond acceptors (Lipinski definition) is 5. The minimum absolute atomic E-state index is 0.465. The Morgan fingerprint density at radius 2 is 1.96 bits per heavy atom. The molecule has 1 amide bonds. The normalized spacial score (nSPS) is 11.4. The van der Waals surface area contributed by atoms with Gasteiger partial charge in [-0.15, -0.1) is 0 Å². The van der Waals surface area contributed by atoms with Gasteiger partial charge in [0.15, 0.2) is 0 Å². The molecule has 2 aromatic heterocycles. The van der Waals surface area contributed by atoms with Crippen LogP contribution in [0.4, 0.5) is 10.5 Å². The van der Waals surface area contributed by atoms with Gasteiger partial charge >= 0.3 is 6.09 Å². The third-order valence-electron chi connectivity index (χ3n) is 3.62. The second kappa shape index (κ2) is 6.67. The number of aryl methyl sites for hydroxylation is 2. The van der Waals surface area contributed by atoms with E-state index in [-0.39, 0.29) is 0 Å². The number of benzene rings is 1. The fourth-order valence-electron chi connectivity index (χ4n) is 2.44. The van der Waals surface area contributed by atoms with Crippen LogP contribution >= 0.6 is 0 Å². The van der Waals surface area contributed by atoms with Crippen LogP contribution in [0.15, 0.2) is 36.8 Å². The second-order valence-corrected chi connectivity index (χ2v) is 7.08. The summed E-state index contributed by atoms with van der Waals surface area (Å²) in [4.78, 5) is 20.5. The highest BCUT2D eigenvalue weighted by atomic mass is 16.6. The van der Waals surface area contributed by atoms with Crippen LogP contribution < -0.4 is 10.1 Å². The zero-order valence-electron chi connectivity index (χ0n) is 15.5. The van der Waals surface area contributed by atoms with E-state index in [1.54, 1.807) is 30.7 Å². The maximum absolute atomic E-state index is 11.9. The Labute approximate surface area is 152 Å². The van der Waals surface area contributed by atoms with Crippen LogP contribution in [-0.2, 0) is 11.8 Å². The molecular weight excluding hydrogens is 332 g/mol. The molecule has 136 valence electrons. The van der Waals surface area contributed by atoms with Gasteiger partial charge in [0.1, 0.15) is 11.4 Å². The van der Waals surface area contributed by atoms with Gasteiger partial charge in [0.25, 0.3) is 0 Å². The summed E-state index contributed by atoms with van der Waals surface area (Å²) in [5, 5.41) is 2.71. The predicted octanol–water partition coefficient (Wildman–Crippen LogP) is 4.42. The lowest BCUT2D eigenvalue weighted by Crippen LogP contribution is -2.27. The number of nitrogens with one attached hydrogen (secondary N) is 1. The highest BCUT2D eigenvalue weighted by Gasteiger charge is 2.16. The summed E-state index contributed by atoms with van der Waals surface area (Å²) in [5.41, 5.74) is 2.71. The van der Waals surface area contributed by atoms with E-state index in [1.165, 1.54) is 0 Å². The maximum Gasteiger partial charge on any atom is 0.412 e. The molecule has 1 N–H and O–H groups in total. The van der Waals surface area contributed by atoms with Crippen molar-refractivity contribution in [1.29, 1.82) is 0 Å². The molecule has 7 heteroatoms. The third kappa shape index (κ3) is 4.11. The van der Waals surface area contributed by atoms with Gasteiger partial charge in [0.2, 0.25) is 5.88 Å². The van der Waals surface area contributed by atoms with Crippen molar-refractivity contribution in [1.82, 2.24) is 14.5 Å². The van der Waals surface area contributed by atoms with Crippen molar-refractivity contribution in [2.75, 3.05) is 5.32 Å². The zero-order chi connectivity index (χ0) is 18.9. The van der Waals surface area contributed by atoms with Gasteiger partial charge in [-0.2, -0.15) is 0 Å². The minimum Gasteiger partial charge on any atom is -0.444 e. The highest BCUT2D eigenvalue weighted by molar-refractivity contribution is 5.85. The first-order chi connectivity index (χ1) is 12.2. The molecule has 26 heavy (non-hydrogen) atoms. The van der Waals surface area contributed by atoms with Gasteiger partial charge in [-0.05, 0) is 51.5 Å². The van der Waals surface area contributed by atoms with E-state index in [2.05, 4.69) is 15.3 Å². The molecule has 3 aromatic rings. The number of nitrogens with zero attached hydrogens (tertiary/aromatic N) is 3. The number of aromatic nitrogens is 3. The zero-order valence-corrected chi connectivity index (χ0v) is 15.5. The molecule has 3 rings (SSSR count). The molecule has 7 nitrogen and oxygen atoms in total. The number of anilines is 1. The van der Waals surface area contributed by atoms with Gasteiger partial charge in [-0.3, -0.25) is 5.32 Å². The Hall–Kier alpha value is -3.09. The molecular formula is C19H22N4O3. The first kappa shape index (κ1) is 17.7. The summed E-state index contributed by atoms with van der Waals surface area (Å²) in [5.74, 6) is 1.12. The first-order valence-corrected chi connectivity index (χ1v) is 8.27. The fourth-order valence-corrected chi connectivity index (χ4v) is 2.44. The monoisotopic (exact) mass is 354 g/mol. The summed E-state index contributed by atoms with van der Waals surface area (Å²) in [6.45, 7) is 7.36. The van der Waals surface area contributed by atoms with Crippen molar-refractivity contribution in [2.24, 2.45) is 7.05 Å². The first-order valence-electron chi connectivity index (χ1n) is 8.27. The number of imidazole rings is 1. The number of amides is 1. The van der Waals surface area contributed by atoms with Crippen molar-refractivity contribution in [3.05, 3.63) is 42.4 Å². The third-order valence-corrected chi connectivity index (χ3v) is 3.62. The molecule has 0 aliphatic rings. The van der Waals surface area contributed by atoms with Crippen molar-refractivity contribution < 1.29 is 14.3 Å². The lowest BCUT2D eigenvalue weighted by atomic mass is 10.2. The Morgan fingerprint density at radius 1 is 1.19 bits per heavy atom. The Morgan fingerprint density at radius 3 is 2.65 bits per heavy atom. The molecule has 1 aromatic carbocycles. The van der Waals surface area contributed by atoms with Crippen molar-refractivity contribution in [2.45, 2.75) is 33.3 Å². The summed E-state index contributed by atoms with van der Waals surface area (Å²) < 4.78 is 13.0. The molecule has 0 bridgehead atoms. The fraction of sp³-hybridized carbons (Fsp3) is 0.316. The number of ether oxygens (including phenoxy) is 2. The van der Waals surface area contributed by atoms with Gasteiger partial charge in [-0.25, -0.2) is 14.8 Å². The van der Waals surface area contributed by atoms with E-state index < -0.39 is 11.7 Å². The van der Waals surface area contributed by atoms with Crippen LogP contribution in [0.5, 0.6) is 11.6 Å². The average molecular weight is 354 g/mol. The van der Waals surface area contributed by atoms with Gasteiger partial charge in [-0.1, -0.05) is 0 Å². The minimum atomic E-state index is -0.544. The number of carbonyl (C=O) groups excluding carboxylic acids is 1. The summed E-state index contributed by atoms with van der Waals surface area (Å²) >= 11 is 0. The van der Waals surface area contributed by atoms with Crippen LogP contribution in [0, 0.1) is 6.92 Å². The SMILES string of the molecule is Cc1cc(NC(=O)OC(C)(C)C)ccc1Oc1cc2ncn(C)c2cn1. The average Bonchev–Trinajstić information content (AvgIpc) is 2.89. The number of carbonyl (C=O) groups is 1. The summed E-state index contributed by atoms with van der Waals surface area (Å²) in [6.07, 6.45) is 2.97. The van der Waals surface area contributed by atoms with E-state index in [0.717, 1.165) is 16.6 Å².